The molecule has 0 bridgehead atoms. The zero-order valence-corrected chi connectivity index (χ0v) is 20.7. The number of carbonyl (C=O) groups excluding carboxylic acids is 4. The van der Waals surface area contributed by atoms with Gasteiger partial charge in [-0.3, -0.25) is 29.4 Å². The number of benzene rings is 2. The topological polar surface area (TPSA) is 159 Å². The zero-order valence-electron chi connectivity index (χ0n) is 20.7. The van der Waals surface area contributed by atoms with Gasteiger partial charge in [0, 0.05) is 18.7 Å². The van der Waals surface area contributed by atoms with Gasteiger partial charge in [-0.15, -0.1) is 0 Å². The molecule has 1 unspecified atom stereocenters. The first-order valence-corrected chi connectivity index (χ1v) is 12.1. The number of carbonyl (C=O) groups is 5. The molecule has 0 aliphatic carbocycles. The Morgan fingerprint density at radius 1 is 1.03 bits per heavy atom. The van der Waals surface area contributed by atoms with Crippen LogP contribution in [0.25, 0.3) is 0 Å². The Labute approximate surface area is 221 Å². The van der Waals surface area contributed by atoms with Crippen LogP contribution in [0.3, 0.4) is 0 Å². The number of amides is 4. The van der Waals surface area contributed by atoms with Gasteiger partial charge in [0.05, 0.1) is 11.1 Å². The average Bonchev–Trinajstić information content (AvgIpc) is 3.13. The molecule has 4 rings (SSSR count). The minimum absolute atomic E-state index is 0.0993. The molecule has 10 nitrogen and oxygen atoms in total. The number of carboxylic acid groups (broad SMARTS) is 1. The number of hydrogen-bond acceptors (Lipinski definition) is 7. The Hall–Kier alpha value is -4.26. The molecule has 13 heteroatoms. The van der Waals surface area contributed by atoms with E-state index in [1.54, 1.807) is 18.2 Å². The number of nitrogens with zero attached hydrogens (tertiary/aromatic N) is 1. The molecule has 2 aliphatic heterocycles. The van der Waals surface area contributed by atoms with Crippen LogP contribution in [0.15, 0.2) is 42.5 Å². The van der Waals surface area contributed by atoms with E-state index < -0.39 is 35.9 Å². The van der Waals surface area contributed by atoms with Gasteiger partial charge >= 0.3 is 12.1 Å². The van der Waals surface area contributed by atoms with Crippen molar-refractivity contribution in [3.8, 4) is 0 Å². The highest BCUT2D eigenvalue weighted by Gasteiger charge is 2.45. The molecule has 1 saturated heterocycles. The fraction of sp³-hybridized carbons (Fsp3) is 0.346. The van der Waals surface area contributed by atoms with Crippen molar-refractivity contribution < 1.29 is 42.3 Å². The summed E-state index contributed by atoms with van der Waals surface area (Å²) in [5.74, 6) is -4.76. The van der Waals surface area contributed by atoms with Crippen LogP contribution in [0.2, 0.25) is 0 Å². The zero-order chi connectivity index (χ0) is 28.7. The SMILES string of the molecule is NCCc1ccc(CCCNc2cccc3c2C(=O)N(C2CCC(=O)NC2=O)C3=O)cc1.O=C(O)C(F)(F)F. The van der Waals surface area contributed by atoms with Crippen molar-refractivity contribution in [2.75, 3.05) is 18.4 Å². The van der Waals surface area contributed by atoms with E-state index in [4.69, 9.17) is 15.6 Å². The highest BCUT2D eigenvalue weighted by molar-refractivity contribution is 6.25. The first-order chi connectivity index (χ1) is 18.4. The Morgan fingerprint density at radius 3 is 2.21 bits per heavy atom. The van der Waals surface area contributed by atoms with Gasteiger partial charge < -0.3 is 16.2 Å². The molecule has 208 valence electrons. The Morgan fingerprint density at radius 2 is 1.64 bits per heavy atom. The number of anilines is 1. The summed E-state index contributed by atoms with van der Waals surface area (Å²) in [6, 6.07) is 12.5. The number of alkyl halides is 3. The number of aryl methyl sites for hydroxylation is 1. The molecule has 2 aliphatic rings. The summed E-state index contributed by atoms with van der Waals surface area (Å²) in [5, 5.41) is 12.6. The van der Waals surface area contributed by atoms with Gasteiger partial charge in [-0.25, -0.2) is 4.79 Å². The fourth-order valence-corrected chi connectivity index (χ4v) is 4.22. The normalized spacial score (nSPS) is 16.8. The summed E-state index contributed by atoms with van der Waals surface area (Å²) in [6.45, 7) is 1.26. The molecular formula is C26H27F3N4O6. The van der Waals surface area contributed by atoms with Crippen molar-refractivity contribution >= 4 is 35.3 Å². The largest absolute Gasteiger partial charge is 0.490 e. The average molecular weight is 549 g/mol. The van der Waals surface area contributed by atoms with Crippen molar-refractivity contribution in [2.45, 2.75) is 44.3 Å². The molecule has 1 fully saturated rings. The van der Waals surface area contributed by atoms with Crippen LogP contribution in [0, 0.1) is 0 Å². The molecule has 2 heterocycles. The summed E-state index contributed by atoms with van der Waals surface area (Å²) >= 11 is 0. The van der Waals surface area contributed by atoms with Crippen molar-refractivity contribution in [1.29, 1.82) is 0 Å². The number of nitrogens with two attached hydrogens (primary N) is 1. The standard InChI is InChI=1S/C24H26N4O4.C2HF3O2/c25-13-12-16-8-6-15(7-9-16)3-2-14-26-18-5-1-4-17-21(18)24(32)28(23(17)31)19-10-11-20(29)27-22(19)30;3-2(4,5)1(6)7/h1,4-9,19,26H,2-3,10-14,25H2,(H,27,29,30);(H,6,7). The third-order valence-electron chi connectivity index (χ3n) is 6.12. The number of rotatable bonds is 8. The number of carboxylic acids is 1. The highest BCUT2D eigenvalue weighted by atomic mass is 19.4. The number of aliphatic carboxylic acids is 1. The number of hydrogen-bond donors (Lipinski definition) is 4. The smallest absolute Gasteiger partial charge is 0.475 e. The van der Waals surface area contributed by atoms with Gasteiger partial charge in [0.1, 0.15) is 6.04 Å². The number of fused-ring (bicyclic) bond motifs is 1. The lowest BCUT2D eigenvalue weighted by Gasteiger charge is -2.27. The summed E-state index contributed by atoms with van der Waals surface area (Å²) < 4.78 is 31.7. The van der Waals surface area contributed by atoms with Crippen LogP contribution in [-0.4, -0.2) is 64.9 Å². The van der Waals surface area contributed by atoms with Gasteiger partial charge in [0.2, 0.25) is 11.8 Å². The maximum atomic E-state index is 13.1. The van der Waals surface area contributed by atoms with Crippen LogP contribution in [0.4, 0.5) is 18.9 Å². The fourth-order valence-electron chi connectivity index (χ4n) is 4.22. The second-order valence-corrected chi connectivity index (χ2v) is 8.86. The Balaban J connectivity index is 0.000000532. The number of nitrogens with one attached hydrogen (secondary N) is 2. The van der Waals surface area contributed by atoms with Crippen LogP contribution in [0.5, 0.6) is 0 Å². The monoisotopic (exact) mass is 548 g/mol. The lowest BCUT2D eigenvalue weighted by Crippen LogP contribution is -2.54. The van der Waals surface area contributed by atoms with Crippen LogP contribution < -0.4 is 16.4 Å². The summed E-state index contributed by atoms with van der Waals surface area (Å²) in [6.07, 6.45) is -2.26. The van der Waals surface area contributed by atoms with E-state index in [0.29, 0.717) is 18.8 Å². The van der Waals surface area contributed by atoms with Crippen LogP contribution in [-0.2, 0) is 27.2 Å². The number of imide groups is 2. The van der Waals surface area contributed by atoms with Gasteiger partial charge in [0.15, 0.2) is 0 Å². The number of piperidine rings is 1. The molecule has 0 spiro atoms. The minimum atomic E-state index is -5.08. The summed E-state index contributed by atoms with van der Waals surface area (Å²) in [4.78, 5) is 59.5. The summed E-state index contributed by atoms with van der Waals surface area (Å²) in [7, 11) is 0. The van der Waals surface area contributed by atoms with E-state index in [9.17, 15) is 32.3 Å². The highest BCUT2D eigenvalue weighted by Crippen LogP contribution is 2.32. The second kappa shape index (κ2) is 12.5. The first kappa shape index (κ1) is 29.3. The molecule has 2 aromatic carbocycles. The summed E-state index contributed by atoms with van der Waals surface area (Å²) in [5.41, 5.74) is 9.17. The quantitative estimate of drug-likeness (QED) is 0.289. The first-order valence-electron chi connectivity index (χ1n) is 12.1. The van der Waals surface area contributed by atoms with Gasteiger partial charge in [-0.1, -0.05) is 30.3 Å². The second-order valence-electron chi connectivity index (χ2n) is 8.86. The van der Waals surface area contributed by atoms with E-state index in [0.717, 1.165) is 24.2 Å². The maximum absolute atomic E-state index is 13.1. The van der Waals surface area contributed by atoms with Crippen molar-refractivity contribution in [2.24, 2.45) is 5.73 Å². The number of halogens is 3. The maximum Gasteiger partial charge on any atom is 0.490 e. The van der Waals surface area contributed by atoms with E-state index in [2.05, 4.69) is 34.9 Å². The molecule has 2 aromatic rings. The minimum Gasteiger partial charge on any atom is -0.475 e. The van der Waals surface area contributed by atoms with E-state index in [-0.39, 0.29) is 29.9 Å². The molecule has 4 amide bonds. The Bertz CT molecular complexity index is 1260. The van der Waals surface area contributed by atoms with E-state index in [1.165, 1.54) is 11.1 Å². The van der Waals surface area contributed by atoms with E-state index in [1.807, 2.05) is 0 Å². The third-order valence-corrected chi connectivity index (χ3v) is 6.12. The molecule has 0 aromatic heterocycles. The molecule has 0 saturated carbocycles. The van der Waals surface area contributed by atoms with Crippen molar-refractivity contribution in [1.82, 2.24) is 10.2 Å². The van der Waals surface area contributed by atoms with Crippen LogP contribution in [0.1, 0.15) is 51.1 Å². The Kier molecular flexibility index (Phi) is 9.41. The molecule has 1 atom stereocenters. The van der Waals surface area contributed by atoms with E-state index >= 15 is 0 Å². The van der Waals surface area contributed by atoms with Crippen LogP contribution >= 0.6 is 0 Å². The van der Waals surface area contributed by atoms with Gasteiger partial charge in [-0.05, 0) is 55.5 Å². The van der Waals surface area contributed by atoms with Gasteiger partial charge in [0.25, 0.3) is 11.8 Å². The predicted octanol–water partition coefficient (Wildman–Crippen LogP) is 2.27. The lowest BCUT2D eigenvalue weighted by molar-refractivity contribution is -0.192. The predicted molar refractivity (Wildman–Crippen MR) is 133 cm³/mol. The third kappa shape index (κ3) is 7.19. The van der Waals surface area contributed by atoms with Gasteiger partial charge in [-0.2, -0.15) is 13.2 Å². The van der Waals surface area contributed by atoms with Crippen molar-refractivity contribution in [3.63, 3.8) is 0 Å². The van der Waals surface area contributed by atoms with Crippen molar-refractivity contribution in [3.05, 3.63) is 64.7 Å². The molecular weight excluding hydrogens is 521 g/mol. The molecule has 39 heavy (non-hydrogen) atoms. The molecule has 0 radical (unpaired) electrons. The lowest BCUT2D eigenvalue weighted by atomic mass is 10.0. The molecule has 5 N–H and O–H groups in total.